The standard InChI is InChI=1S/C24H16Cl3NO3/c1-14-2-5-16(11-20(14)26)23-28-22(24(29)31-23)10-15-3-8-19(9-4-15)30-13-17-6-7-18(25)12-21(17)27/h2-12H,13H2,1H3/b22-10+. The molecule has 4 rings (SSSR count). The number of esters is 1. The maximum atomic E-state index is 12.2. The van der Waals surface area contributed by atoms with E-state index in [0.717, 1.165) is 16.7 Å². The Labute approximate surface area is 194 Å². The van der Waals surface area contributed by atoms with Gasteiger partial charge in [-0.25, -0.2) is 9.79 Å². The lowest BCUT2D eigenvalue weighted by atomic mass is 10.1. The number of carbonyl (C=O) groups excluding carboxylic acids is 1. The lowest BCUT2D eigenvalue weighted by Crippen LogP contribution is -2.05. The van der Waals surface area contributed by atoms with Crippen molar-refractivity contribution in [2.45, 2.75) is 13.5 Å². The normalized spacial score (nSPS) is 14.5. The van der Waals surface area contributed by atoms with Gasteiger partial charge in [0.1, 0.15) is 12.4 Å². The topological polar surface area (TPSA) is 47.9 Å². The average Bonchev–Trinajstić information content (AvgIpc) is 3.11. The van der Waals surface area contributed by atoms with Crippen LogP contribution in [0.15, 0.2) is 71.4 Å². The highest BCUT2D eigenvalue weighted by Crippen LogP contribution is 2.25. The molecule has 156 valence electrons. The van der Waals surface area contributed by atoms with Crippen LogP contribution in [0, 0.1) is 6.92 Å². The second-order valence-corrected chi connectivity index (χ2v) is 8.14. The molecule has 0 saturated carbocycles. The summed E-state index contributed by atoms with van der Waals surface area (Å²) < 4.78 is 11.1. The van der Waals surface area contributed by atoms with E-state index in [1.807, 2.05) is 37.3 Å². The zero-order chi connectivity index (χ0) is 22.0. The average molecular weight is 473 g/mol. The van der Waals surface area contributed by atoms with Crippen molar-refractivity contribution in [1.82, 2.24) is 0 Å². The number of hydrogen-bond donors (Lipinski definition) is 0. The minimum absolute atomic E-state index is 0.216. The first-order chi connectivity index (χ1) is 14.9. The first kappa shape index (κ1) is 21.4. The van der Waals surface area contributed by atoms with Gasteiger partial charge in [-0.05, 0) is 60.5 Å². The highest BCUT2D eigenvalue weighted by atomic mass is 35.5. The summed E-state index contributed by atoms with van der Waals surface area (Å²) in [5.41, 5.74) is 3.43. The Hall–Kier alpha value is -2.79. The van der Waals surface area contributed by atoms with E-state index < -0.39 is 5.97 Å². The first-order valence-electron chi connectivity index (χ1n) is 9.35. The van der Waals surface area contributed by atoms with Crippen molar-refractivity contribution in [2.75, 3.05) is 0 Å². The third-order valence-electron chi connectivity index (χ3n) is 4.63. The molecule has 7 heteroatoms. The van der Waals surface area contributed by atoms with Gasteiger partial charge in [-0.1, -0.05) is 59.1 Å². The van der Waals surface area contributed by atoms with Crippen molar-refractivity contribution in [3.05, 3.63) is 104 Å². The van der Waals surface area contributed by atoms with E-state index in [-0.39, 0.29) is 11.6 Å². The molecule has 4 nitrogen and oxygen atoms in total. The molecule has 0 spiro atoms. The third-order valence-corrected chi connectivity index (χ3v) is 5.63. The van der Waals surface area contributed by atoms with Crippen LogP contribution in [0.25, 0.3) is 6.08 Å². The number of halogens is 3. The van der Waals surface area contributed by atoms with Crippen LogP contribution in [0.5, 0.6) is 5.75 Å². The lowest BCUT2D eigenvalue weighted by molar-refractivity contribution is -0.129. The Kier molecular flexibility index (Phi) is 6.33. The molecule has 0 fully saturated rings. The quantitative estimate of drug-likeness (QED) is 0.300. The molecular weight excluding hydrogens is 457 g/mol. The summed E-state index contributed by atoms with van der Waals surface area (Å²) in [6, 6.07) is 17.9. The van der Waals surface area contributed by atoms with E-state index >= 15 is 0 Å². The van der Waals surface area contributed by atoms with E-state index in [2.05, 4.69) is 4.99 Å². The predicted molar refractivity (Wildman–Crippen MR) is 124 cm³/mol. The highest BCUT2D eigenvalue weighted by molar-refractivity contribution is 6.35. The summed E-state index contributed by atoms with van der Waals surface area (Å²) in [7, 11) is 0. The lowest BCUT2D eigenvalue weighted by Gasteiger charge is -2.08. The summed E-state index contributed by atoms with van der Waals surface area (Å²) in [5, 5.41) is 1.72. The largest absolute Gasteiger partial charge is 0.489 e. The van der Waals surface area contributed by atoms with Gasteiger partial charge in [-0.2, -0.15) is 0 Å². The van der Waals surface area contributed by atoms with Crippen LogP contribution in [-0.4, -0.2) is 11.9 Å². The molecular formula is C24H16Cl3NO3. The molecule has 0 aliphatic carbocycles. The summed E-state index contributed by atoms with van der Waals surface area (Å²) in [6.07, 6.45) is 1.66. The number of benzene rings is 3. The second-order valence-electron chi connectivity index (χ2n) is 6.89. The molecule has 3 aromatic rings. The van der Waals surface area contributed by atoms with Gasteiger partial charge in [-0.3, -0.25) is 0 Å². The third kappa shape index (κ3) is 5.10. The number of nitrogens with zero attached hydrogens (tertiary/aromatic N) is 1. The molecule has 0 bridgehead atoms. The Morgan fingerprint density at radius 1 is 0.968 bits per heavy atom. The molecule has 0 saturated heterocycles. The fourth-order valence-corrected chi connectivity index (χ4v) is 3.52. The number of hydrogen-bond acceptors (Lipinski definition) is 4. The number of carbonyl (C=O) groups is 1. The van der Waals surface area contributed by atoms with Gasteiger partial charge in [0, 0.05) is 26.2 Å². The molecule has 1 heterocycles. The minimum atomic E-state index is -0.510. The molecule has 0 amide bonds. The molecule has 31 heavy (non-hydrogen) atoms. The summed E-state index contributed by atoms with van der Waals surface area (Å²) in [5.74, 6) is 0.392. The molecule has 1 aliphatic rings. The zero-order valence-electron chi connectivity index (χ0n) is 16.4. The maximum Gasteiger partial charge on any atom is 0.363 e. The number of ether oxygens (including phenoxy) is 2. The highest BCUT2D eigenvalue weighted by Gasteiger charge is 2.24. The molecule has 0 atom stereocenters. The van der Waals surface area contributed by atoms with E-state index in [1.54, 1.807) is 36.4 Å². The Morgan fingerprint density at radius 2 is 1.74 bits per heavy atom. The van der Waals surface area contributed by atoms with Gasteiger partial charge in [-0.15, -0.1) is 0 Å². The molecule has 0 N–H and O–H groups in total. The van der Waals surface area contributed by atoms with Crippen LogP contribution in [0.3, 0.4) is 0 Å². The minimum Gasteiger partial charge on any atom is -0.489 e. The molecule has 1 aliphatic heterocycles. The summed E-state index contributed by atoms with van der Waals surface area (Å²) >= 11 is 18.2. The van der Waals surface area contributed by atoms with Gasteiger partial charge in [0.25, 0.3) is 0 Å². The van der Waals surface area contributed by atoms with Crippen molar-refractivity contribution >= 4 is 52.7 Å². The number of cyclic esters (lactones) is 1. The van der Waals surface area contributed by atoms with E-state index in [1.165, 1.54) is 0 Å². The van der Waals surface area contributed by atoms with Gasteiger partial charge in [0.2, 0.25) is 5.90 Å². The Balaban J connectivity index is 1.46. The summed E-state index contributed by atoms with van der Waals surface area (Å²) in [4.78, 5) is 16.5. The molecule has 0 unspecified atom stereocenters. The zero-order valence-corrected chi connectivity index (χ0v) is 18.6. The van der Waals surface area contributed by atoms with Crippen molar-refractivity contribution in [1.29, 1.82) is 0 Å². The fraction of sp³-hybridized carbons (Fsp3) is 0.0833. The fourth-order valence-electron chi connectivity index (χ4n) is 2.88. The maximum absolute atomic E-state index is 12.2. The van der Waals surface area contributed by atoms with Crippen LogP contribution in [0.4, 0.5) is 0 Å². The Morgan fingerprint density at radius 3 is 2.45 bits per heavy atom. The SMILES string of the molecule is Cc1ccc(C2=N/C(=C/c3ccc(OCc4ccc(Cl)cc4Cl)cc3)C(=O)O2)cc1Cl. The molecule has 0 radical (unpaired) electrons. The number of rotatable bonds is 5. The van der Waals surface area contributed by atoms with Gasteiger partial charge in [0.15, 0.2) is 5.70 Å². The van der Waals surface area contributed by atoms with Crippen molar-refractivity contribution in [3.63, 3.8) is 0 Å². The van der Waals surface area contributed by atoms with Gasteiger partial charge < -0.3 is 9.47 Å². The van der Waals surface area contributed by atoms with E-state index in [4.69, 9.17) is 44.3 Å². The van der Waals surface area contributed by atoms with Gasteiger partial charge >= 0.3 is 5.97 Å². The second kappa shape index (κ2) is 9.15. The summed E-state index contributed by atoms with van der Waals surface area (Å²) in [6.45, 7) is 2.22. The Bertz CT molecular complexity index is 1220. The van der Waals surface area contributed by atoms with E-state index in [9.17, 15) is 4.79 Å². The van der Waals surface area contributed by atoms with Crippen LogP contribution in [0.2, 0.25) is 15.1 Å². The first-order valence-corrected chi connectivity index (χ1v) is 10.5. The number of aryl methyl sites for hydroxylation is 1. The van der Waals surface area contributed by atoms with Crippen LogP contribution >= 0.6 is 34.8 Å². The molecule has 0 aromatic heterocycles. The van der Waals surface area contributed by atoms with E-state index in [0.29, 0.717) is 33.0 Å². The van der Waals surface area contributed by atoms with Crippen LogP contribution in [0.1, 0.15) is 22.3 Å². The van der Waals surface area contributed by atoms with Crippen LogP contribution < -0.4 is 4.74 Å². The van der Waals surface area contributed by atoms with Gasteiger partial charge in [0.05, 0.1) is 0 Å². The van der Waals surface area contributed by atoms with Crippen molar-refractivity contribution in [3.8, 4) is 5.75 Å². The molecule has 3 aromatic carbocycles. The monoisotopic (exact) mass is 471 g/mol. The van der Waals surface area contributed by atoms with Crippen molar-refractivity contribution < 1.29 is 14.3 Å². The predicted octanol–water partition coefficient (Wildman–Crippen LogP) is 6.88. The smallest absolute Gasteiger partial charge is 0.363 e. The number of aliphatic imine (C=N–C) groups is 1. The van der Waals surface area contributed by atoms with Crippen molar-refractivity contribution in [2.24, 2.45) is 4.99 Å². The van der Waals surface area contributed by atoms with Crippen LogP contribution in [-0.2, 0) is 16.1 Å².